The van der Waals surface area contributed by atoms with E-state index in [2.05, 4.69) is 71.0 Å². The van der Waals surface area contributed by atoms with Crippen molar-refractivity contribution in [2.75, 3.05) is 0 Å². The summed E-state index contributed by atoms with van der Waals surface area (Å²) in [6, 6.07) is 13.4. The van der Waals surface area contributed by atoms with Crippen LogP contribution >= 0.6 is 0 Å². The third kappa shape index (κ3) is 3.59. The van der Waals surface area contributed by atoms with Gasteiger partial charge in [0.15, 0.2) is 0 Å². The van der Waals surface area contributed by atoms with Gasteiger partial charge in [0.2, 0.25) is 0 Å². The molecule has 0 N–H and O–H groups in total. The van der Waals surface area contributed by atoms with Gasteiger partial charge in [0.25, 0.3) is 0 Å². The first kappa shape index (κ1) is 15.8. The fraction of sp³-hybridized carbons (Fsp3) is 0.474. The minimum Gasteiger partial charge on any atom is -0.0683 e. The molecule has 0 heterocycles. The zero-order chi connectivity index (χ0) is 14.6. The molecule has 0 unspecified atom stereocenters. The van der Waals surface area contributed by atoms with Gasteiger partial charge in [0, 0.05) is 0 Å². The van der Waals surface area contributed by atoms with Gasteiger partial charge in [-0.25, -0.2) is 0 Å². The van der Waals surface area contributed by atoms with Gasteiger partial charge in [-0.15, -0.1) is 0 Å². The van der Waals surface area contributed by atoms with Crippen molar-refractivity contribution in [3.05, 3.63) is 47.5 Å². The molecule has 0 fully saturated rings. The molecule has 0 saturated heterocycles. The molecule has 0 saturated carbocycles. The first-order valence-corrected chi connectivity index (χ1v) is 7.43. The second kappa shape index (κ2) is 6.23. The second-order valence-electron chi connectivity index (χ2n) is 6.19. The highest BCUT2D eigenvalue weighted by Crippen LogP contribution is 2.33. The Morgan fingerprint density at radius 1 is 0.842 bits per heavy atom. The van der Waals surface area contributed by atoms with Crippen LogP contribution in [0.4, 0.5) is 0 Å². The van der Waals surface area contributed by atoms with Crippen LogP contribution in [-0.2, 0) is 5.41 Å². The molecule has 2 rings (SSSR count). The summed E-state index contributed by atoms with van der Waals surface area (Å²) in [6.07, 6.45) is 0. The maximum atomic E-state index is 2.37. The van der Waals surface area contributed by atoms with Gasteiger partial charge >= 0.3 is 0 Å². The van der Waals surface area contributed by atoms with E-state index in [1.165, 1.54) is 21.9 Å². The van der Waals surface area contributed by atoms with E-state index in [1.807, 2.05) is 13.8 Å². The quantitative estimate of drug-likeness (QED) is 0.562. The molecule has 0 aliphatic heterocycles. The molecule has 104 valence electrons. The van der Waals surface area contributed by atoms with E-state index < -0.39 is 0 Å². The largest absolute Gasteiger partial charge is 0.0683 e. The molecule has 2 aromatic rings. The molecule has 19 heavy (non-hydrogen) atoms. The van der Waals surface area contributed by atoms with Gasteiger partial charge in [-0.1, -0.05) is 84.9 Å². The highest BCUT2D eigenvalue weighted by Gasteiger charge is 2.19. The van der Waals surface area contributed by atoms with E-state index >= 15 is 0 Å². The van der Waals surface area contributed by atoms with Gasteiger partial charge in [-0.2, -0.15) is 0 Å². The summed E-state index contributed by atoms with van der Waals surface area (Å²) in [5, 5.41) is 2.70. The van der Waals surface area contributed by atoms with Crippen molar-refractivity contribution in [1.82, 2.24) is 0 Å². The number of hydrogen-bond acceptors (Lipinski definition) is 0. The van der Waals surface area contributed by atoms with Crippen LogP contribution in [0.15, 0.2) is 36.4 Å². The SMILES string of the molecule is CC.CC(C)c1cc2ccccc2cc1C(C)(C)C. The average Bonchev–Trinajstić information content (AvgIpc) is 2.38. The monoisotopic (exact) mass is 256 g/mol. The predicted octanol–water partition coefficient (Wildman–Crippen LogP) is 6.29. The molecular formula is C19H28. The third-order valence-corrected chi connectivity index (χ3v) is 3.35. The molecular weight excluding hydrogens is 228 g/mol. The Balaban J connectivity index is 0.000000861. The van der Waals surface area contributed by atoms with Gasteiger partial charge in [0.1, 0.15) is 0 Å². The van der Waals surface area contributed by atoms with E-state index in [9.17, 15) is 0 Å². The molecule has 0 aromatic heterocycles. The second-order valence-corrected chi connectivity index (χ2v) is 6.19. The fourth-order valence-electron chi connectivity index (χ4n) is 2.39. The minimum atomic E-state index is 0.212. The van der Waals surface area contributed by atoms with Crippen LogP contribution in [0.25, 0.3) is 10.8 Å². The van der Waals surface area contributed by atoms with Crippen LogP contribution < -0.4 is 0 Å². The van der Waals surface area contributed by atoms with Gasteiger partial charge in [-0.05, 0) is 33.2 Å². The van der Waals surface area contributed by atoms with Crippen LogP contribution in [-0.4, -0.2) is 0 Å². The maximum absolute atomic E-state index is 2.37. The molecule has 0 bridgehead atoms. The zero-order valence-electron chi connectivity index (χ0n) is 13.5. The van der Waals surface area contributed by atoms with Crippen LogP contribution in [0.5, 0.6) is 0 Å². The number of hydrogen-bond donors (Lipinski definition) is 0. The summed E-state index contributed by atoms with van der Waals surface area (Å²) in [5.41, 5.74) is 3.17. The summed E-state index contributed by atoms with van der Waals surface area (Å²) in [4.78, 5) is 0. The Bertz CT molecular complexity index is 527. The summed E-state index contributed by atoms with van der Waals surface area (Å²) in [7, 11) is 0. The first-order chi connectivity index (χ1) is 8.89. The Hall–Kier alpha value is -1.30. The van der Waals surface area contributed by atoms with Crippen molar-refractivity contribution < 1.29 is 0 Å². The molecule has 0 heteroatoms. The van der Waals surface area contributed by atoms with E-state index in [0.717, 1.165) is 0 Å². The number of fused-ring (bicyclic) bond motifs is 1. The zero-order valence-corrected chi connectivity index (χ0v) is 13.5. The van der Waals surface area contributed by atoms with Crippen LogP contribution in [0.1, 0.15) is 65.5 Å². The maximum Gasteiger partial charge on any atom is -0.0129 e. The van der Waals surface area contributed by atoms with Crippen LogP contribution in [0, 0.1) is 0 Å². The van der Waals surface area contributed by atoms with Crippen molar-refractivity contribution in [2.45, 2.75) is 59.8 Å². The Morgan fingerprint density at radius 3 is 1.74 bits per heavy atom. The predicted molar refractivity (Wildman–Crippen MR) is 88.1 cm³/mol. The van der Waals surface area contributed by atoms with Crippen molar-refractivity contribution in [2.24, 2.45) is 0 Å². The highest BCUT2D eigenvalue weighted by molar-refractivity contribution is 5.84. The summed E-state index contributed by atoms with van der Waals surface area (Å²) < 4.78 is 0. The lowest BCUT2D eigenvalue weighted by atomic mass is 9.79. The Morgan fingerprint density at radius 2 is 1.32 bits per heavy atom. The fourth-order valence-corrected chi connectivity index (χ4v) is 2.39. The van der Waals surface area contributed by atoms with Gasteiger partial charge in [0.05, 0.1) is 0 Å². The van der Waals surface area contributed by atoms with E-state index in [0.29, 0.717) is 5.92 Å². The molecule has 0 nitrogen and oxygen atoms in total. The molecule has 0 aliphatic rings. The third-order valence-electron chi connectivity index (χ3n) is 3.35. The summed E-state index contributed by atoms with van der Waals surface area (Å²) >= 11 is 0. The van der Waals surface area contributed by atoms with E-state index in [4.69, 9.17) is 0 Å². The van der Waals surface area contributed by atoms with Gasteiger partial charge in [-0.3, -0.25) is 0 Å². The highest BCUT2D eigenvalue weighted by atomic mass is 14.2. The Labute approximate surface area is 118 Å². The lowest BCUT2D eigenvalue weighted by molar-refractivity contribution is 0.578. The van der Waals surface area contributed by atoms with Crippen molar-refractivity contribution >= 4 is 10.8 Å². The molecule has 0 atom stereocenters. The van der Waals surface area contributed by atoms with E-state index in [-0.39, 0.29) is 5.41 Å². The normalized spacial score (nSPS) is 11.4. The molecule has 2 aromatic carbocycles. The lowest BCUT2D eigenvalue weighted by Gasteiger charge is -2.25. The van der Waals surface area contributed by atoms with Crippen molar-refractivity contribution in [1.29, 1.82) is 0 Å². The Kier molecular flexibility index (Phi) is 5.17. The van der Waals surface area contributed by atoms with E-state index in [1.54, 1.807) is 0 Å². The topological polar surface area (TPSA) is 0 Å². The molecule has 0 spiro atoms. The molecule has 0 amide bonds. The van der Waals surface area contributed by atoms with Crippen LogP contribution in [0.2, 0.25) is 0 Å². The standard InChI is InChI=1S/C17H22.C2H6/c1-12(2)15-10-13-8-6-7-9-14(13)11-16(15)17(3,4)5;1-2/h6-12H,1-5H3;1-2H3. The molecule has 0 aliphatic carbocycles. The minimum absolute atomic E-state index is 0.212. The first-order valence-electron chi connectivity index (χ1n) is 7.43. The van der Waals surface area contributed by atoms with Crippen LogP contribution in [0.3, 0.4) is 0 Å². The average molecular weight is 256 g/mol. The van der Waals surface area contributed by atoms with Gasteiger partial charge < -0.3 is 0 Å². The summed E-state index contributed by atoms with van der Waals surface area (Å²) in [6.45, 7) is 15.4. The summed E-state index contributed by atoms with van der Waals surface area (Å²) in [5.74, 6) is 0.578. The van der Waals surface area contributed by atoms with Crippen molar-refractivity contribution in [3.63, 3.8) is 0 Å². The smallest absolute Gasteiger partial charge is 0.0129 e. The lowest BCUT2D eigenvalue weighted by Crippen LogP contribution is -2.15. The molecule has 0 radical (unpaired) electrons. The van der Waals surface area contributed by atoms with Crippen molar-refractivity contribution in [3.8, 4) is 0 Å². The number of benzene rings is 2. The number of rotatable bonds is 1.